The van der Waals surface area contributed by atoms with Crippen LogP contribution in [-0.4, -0.2) is 96.7 Å². The van der Waals surface area contributed by atoms with Crippen molar-refractivity contribution in [3.8, 4) is 0 Å². The minimum atomic E-state index is -4.96. The number of allylic oxidation sites excluding steroid dienone is 4. The number of carbonyl (C=O) groups excluding carboxylic acids is 4. The van der Waals surface area contributed by atoms with Crippen molar-refractivity contribution in [3.05, 3.63) is 24.3 Å². The zero-order valence-electron chi connectivity index (χ0n) is 63.0. The SMILES string of the molecule is CCCCCC/C=C\C=C/CCCCCCCC(=O)OC[C@H](COP(=O)(O)OCC(O)COP(=O)(O)OC[C@@H](COC(=O)CCCCCCCCCC(C)C)OC(=O)CCCCCCCCCCCCCCCCCCCCC(C)C)OC(=O)CCCCCCCCCCC(C)C. The second-order valence-electron chi connectivity index (χ2n) is 28.8. The van der Waals surface area contributed by atoms with Crippen LogP contribution in [0.3, 0.4) is 0 Å². The highest BCUT2D eigenvalue weighted by Crippen LogP contribution is 2.45. The number of phosphoric ester groups is 2. The first-order valence-corrected chi connectivity index (χ1v) is 42.7. The molecule has 0 saturated carbocycles. The van der Waals surface area contributed by atoms with E-state index in [0.29, 0.717) is 37.5 Å². The van der Waals surface area contributed by atoms with Crippen molar-refractivity contribution >= 4 is 39.5 Å². The number of hydrogen-bond donors (Lipinski definition) is 3. The highest BCUT2D eigenvalue weighted by Gasteiger charge is 2.30. The summed E-state index contributed by atoms with van der Waals surface area (Å²) in [5.41, 5.74) is 0. The van der Waals surface area contributed by atoms with E-state index in [1.165, 1.54) is 161 Å². The van der Waals surface area contributed by atoms with Gasteiger partial charge in [0.2, 0.25) is 0 Å². The predicted octanol–water partition coefficient (Wildman–Crippen LogP) is 22.5. The maximum Gasteiger partial charge on any atom is 0.472 e. The molecule has 0 aromatic heterocycles. The average Bonchev–Trinajstić information content (AvgIpc) is 1.71. The Hall–Kier alpha value is -2.46. The summed E-state index contributed by atoms with van der Waals surface area (Å²) in [7, 11) is -9.92. The smallest absolute Gasteiger partial charge is 0.462 e. The van der Waals surface area contributed by atoms with Crippen molar-refractivity contribution in [2.45, 2.75) is 394 Å². The van der Waals surface area contributed by atoms with E-state index in [1.807, 2.05) is 0 Å². The third-order valence-corrected chi connectivity index (χ3v) is 19.4. The van der Waals surface area contributed by atoms with Gasteiger partial charge in [-0.15, -0.1) is 0 Å². The molecule has 0 aliphatic carbocycles. The summed E-state index contributed by atoms with van der Waals surface area (Å²) in [4.78, 5) is 72.8. The van der Waals surface area contributed by atoms with Crippen LogP contribution in [0.4, 0.5) is 0 Å². The maximum atomic E-state index is 13.1. The number of rotatable bonds is 74. The van der Waals surface area contributed by atoms with Crippen LogP contribution in [0.2, 0.25) is 0 Å². The lowest BCUT2D eigenvalue weighted by Gasteiger charge is -2.21. The molecule has 0 aliphatic rings. The zero-order chi connectivity index (χ0) is 71.6. The number of esters is 4. The van der Waals surface area contributed by atoms with E-state index >= 15 is 0 Å². The number of carbonyl (C=O) groups is 4. The standard InChI is InChI=1S/C78H148O17P2/c1-8-9-10-11-12-13-14-15-20-24-27-30-38-45-52-59-75(80)88-65-73(95-78(83)62-55-48-40-33-32-36-43-50-57-70(4)5)67-92-96(84,85)90-63-72(79)64-91-97(86,87)93-68-74(66-89-76(81)60-53-46-41-34-37-44-51-58-71(6)7)94-77(82)61-54-47-39-31-28-25-22-19-17-16-18-21-23-26-29-35-42-49-56-69(2)3/h13-15,20,69-74,79H,8-12,16-19,21-68H2,1-7H3,(H,84,85)(H,86,87)/b14-13-,20-15-/t72?,73-,74-/m1/s1. The third-order valence-electron chi connectivity index (χ3n) is 17.5. The van der Waals surface area contributed by atoms with E-state index in [1.54, 1.807) is 0 Å². The van der Waals surface area contributed by atoms with Crippen molar-refractivity contribution in [2.75, 3.05) is 39.6 Å². The van der Waals surface area contributed by atoms with Gasteiger partial charge in [0.1, 0.15) is 19.3 Å². The largest absolute Gasteiger partial charge is 0.472 e. The molecule has 0 spiro atoms. The first-order valence-electron chi connectivity index (χ1n) is 39.7. The molecule has 3 unspecified atom stereocenters. The molecule has 3 N–H and O–H groups in total. The zero-order valence-corrected chi connectivity index (χ0v) is 64.8. The molecular formula is C78H148O17P2. The van der Waals surface area contributed by atoms with Crippen molar-refractivity contribution in [2.24, 2.45) is 17.8 Å². The molecule has 19 heteroatoms. The monoisotopic (exact) mass is 1420 g/mol. The molecule has 0 saturated heterocycles. The van der Waals surface area contributed by atoms with E-state index in [4.69, 9.17) is 37.0 Å². The first-order chi connectivity index (χ1) is 46.7. The number of unbranched alkanes of at least 4 members (excludes halogenated alkanes) is 39. The van der Waals surface area contributed by atoms with Crippen LogP contribution < -0.4 is 0 Å². The second kappa shape index (κ2) is 68.0. The van der Waals surface area contributed by atoms with E-state index in [0.717, 1.165) is 121 Å². The van der Waals surface area contributed by atoms with Gasteiger partial charge < -0.3 is 33.8 Å². The molecule has 572 valence electrons. The number of aliphatic hydroxyl groups is 1. The van der Waals surface area contributed by atoms with Crippen LogP contribution in [0.5, 0.6) is 0 Å². The molecule has 0 radical (unpaired) electrons. The fourth-order valence-corrected chi connectivity index (χ4v) is 13.0. The minimum Gasteiger partial charge on any atom is -0.462 e. The summed E-state index contributed by atoms with van der Waals surface area (Å²) in [5.74, 6) is 0.0881. The molecule has 0 aromatic carbocycles. The lowest BCUT2D eigenvalue weighted by atomic mass is 10.0. The Morgan fingerprint density at radius 1 is 0.320 bits per heavy atom. The van der Waals surface area contributed by atoms with Crippen molar-refractivity contribution in [1.29, 1.82) is 0 Å². The Balaban J connectivity index is 5.21. The van der Waals surface area contributed by atoms with Gasteiger partial charge in [-0.3, -0.25) is 37.3 Å². The van der Waals surface area contributed by atoms with Gasteiger partial charge in [0, 0.05) is 25.7 Å². The lowest BCUT2D eigenvalue weighted by Crippen LogP contribution is -2.30. The fourth-order valence-electron chi connectivity index (χ4n) is 11.4. The molecule has 5 atom stereocenters. The molecule has 0 aliphatic heterocycles. The summed E-state index contributed by atoms with van der Waals surface area (Å²) in [6.07, 6.45) is 58.0. The molecule has 97 heavy (non-hydrogen) atoms. The topological polar surface area (TPSA) is 237 Å². The molecule has 0 fully saturated rings. The Morgan fingerprint density at radius 2 is 0.557 bits per heavy atom. The van der Waals surface area contributed by atoms with Gasteiger partial charge in [0.15, 0.2) is 12.2 Å². The van der Waals surface area contributed by atoms with E-state index < -0.39 is 97.5 Å². The van der Waals surface area contributed by atoms with E-state index in [2.05, 4.69) is 72.8 Å². The highest BCUT2D eigenvalue weighted by atomic mass is 31.2. The van der Waals surface area contributed by atoms with Crippen molar-refractivity contribution < 1.29 is 80.2 Å². The van der Waals surface area contributed by atoms with E-state index in [-0.39, 0.29) is 25.7 Å². The number of ether oxygens (including phenoxy) is 4. The minimum absolute atomic E-state index is 0.0974. The summed E-state index contributed by atoms with van der Waals surface area (Å²) >= 11 is 0. The fraction of sp³-hybridized carbons (Fsp3) is 0.897. The van der Waals surface area contributed by atoms with Crippen molar-refractivity contribution in [1.82, 2.24) is 0 Å². The summed E-state index contributed by atoms with van der Waals surface area (Å²) in [5, 5.41) is 10.6. The summed E-state index contributed by atoms with van der Waals surface area (Å²) in [6.45, 7) is 11.8. The Bertz CT molecular complexity index is 1980. The Labute approximate surface area is 592 Å². The van der Waals surface area contributed by atoms with Gasteiger partial charge in [0.25, 0.3) is 0 Å². The summed E-state index contributed by atoms with van der Waals surface area (Å²) in [6, 6.07) is 0. The molecule has 0 amide bonds. The van der Waals surface area contributed by atoms with Crippen LogP contribution in [-0.2, 0) is 65.4 Å². The number of phosphoric acid groups is 2. The highest BCUT2D eigenvalue weighted by molar-refractivity contribution is 7.47. The van der Waals surface area contributed by atoms with Crippen LogP contribution in [0, 0.1) is 17.8 Å². The van der Waals surface area contributed by atoms with Crippen LogP contribution >= 0.6 is 15.6 Å². The first kappa shape index (κ1) is 94.5. The predicted molar refractivity (Wildman–Crippen MR) is 395 cm³/mol. The number of aliphatic hydroxyl groups excluding tert-OH is 1. The van der Waals surface area contributed by atoms with Gasteiger partial charge in [-0.05, 0) is 69.1 Å². The molecule has 0 aromatic rings. The molecule has 0 bridgehead atoms. The molecular weight excluding hydrogens is 1270 g/mol. The van der Waals surface area contributed by atoms with Crippen molar-refractivity contribution in [3.63, 3.8) is 0 Å². The van der Waals surface area contributed by atoms with Gasteiger partial charge >= 0.3 is 39.5 Å². The van der Waals surface area contributed by atoms with Gasteiger partial charge in [-0.2, -0.15) is 0 Å². The average molecular weight is 1420 g/mol. The van der Waals surface area contributed by atoms with Gasteiger partial charge in [-0.25, -0.2) is 9.13 Å². The number of hydrogen-bond acceptors (Lipinski definition) is 15. The lowest BCUT2D eigenvalue weighted by molar-refractivity contribution is -0.161. The quantitative estimate of drug-likeness (QED) is 0.0169. The van der Waals surface area contributed by atoms with E-state index in [9.17, 15) is 43.2 Å². The van der Waals surface area contributed by atoms with Crippen LogP contribution in [0.15, 0.2) is 24.3 Å². The van der Waals surface area contributed by atoms with Gasteiger partial charge in [-0.1, -0.05) is 323 Å². The summed E-state index contributed by atoms with van der Waals surface area (Å²) < 4.78 is 68.5. The molecule has 0 heterocycles. The maximum absolute atomic E-state index is 13.1. The van der Waals surface area contributed by atoms with Gasteiger partial charge in [0.05, 0.1) is 26.4 Å². The Morgan fingerprint density at radius 3 is 0.835 bits per heavy atom. The third kappa shape index (κ3) is 71.7. The van der Waals surface area contributed by atoms with Crippen LogP contribution in [0.1, 0.15) is 376 Å². The second-order valence-corrected chi connectivity index (χ2v) is 31.7. The van der Waals surface area contributed by atoms with Crippen LogP contribution in [0.25, 0.3) is 0 Å². The molecule has 17 nitrogen and oxygen atoms in total. The normalized spacial score (nSPS) is 14.2. The molecule has 0 rings (SSSR count). The Kier molecular flexibility index (Phi) is 66.3.